The van der Waals surface area contributed by atoms with Gasteiger partial charge in [-0.15, -0.1) is 0 Å². The van der Waals surface area contributed by atoms with E-state index in [-0.39, 0.29) is 5.91 Å². The molecule has 0 fully saturated rings. The van der Waals surface area contributed by atoms with E-state index in [4.69, 9.17) is 0 Å². The lowest BCUT2D eigenvalue weighted by Gasteiger charge is -2.09. The minimum Gasteiger partial charge on any atom is -0.465 e. The molecule has 0 unspecified atom stereocenters. The lowest BCUT2D eigenvalue weighted by atomic mass is 10.1. The summed E-state index contributed by atoms with van der Waals surface area (Å²) in [5, 5.41) is 2.77. The number of aromatic nitrogens is 2. The van der Waals surface area contributed by atoms with Gasteiger partial charge in [0.2, 0.25) is 0 Å². The molecule has 0 bridgehead atoms. The van der Waals surface area contributed by atoms with Crippen molar-refractivity contribution < 1.29 is 14.3 Å². The third-order valence-electron chi connectivity index (χ3n) is 3.82. The molecule has 2 aromatic carbocycles. The fraction of sp³-hybridized carbons (Fsp3) is 0.100. The van der Waals surface area contributed by atoms with E-state index < -0.39 is 5.97 Å². The summed E-state index contributed by atoms with van der Waals surface area (Å²) in [6, 6.07) is 16.0. The van der Waals surface area contributed by atoms with Crippen LogP contribution in [0.2, 0.25) is 0 Å². The maximum Gasteiger partial charge on any atom is 0.337 e. The monoisotopic (exact) mass is 347 g/mol. The van der Waals surface area contributed by atoms with Crippen molar-refractivity contribution in [1.29, 1.82) is 0 Å². The summed E-state index contributed by atoms with van der Waals surface area (Å²) >= 11 is 0. The van der Waals surface area contributed by atoms with Crippen LogP contribution in [-0.4, -0.2) is 29.0 Å². The second-order valence-corrected chi connectivity index (χ2v) is 5.58. The number of methoxy groups -OCH3 is 1. The third-order valence-corrected chi connectivity index (χ3v) is 3.82. The molecule has 0 aliphatic rings. The number of benzene rings is 2. The molecular weight excluding hydrogens is 330 g/mol. The highest BCUT2D eigenvalue weighted by Gasteiger charge is 2.13. The molecule has 6 nitrogen and oxygen atoms in total. The Bertz CT molecular complexity index is 938. The molecule has 0 aliphatic heterocycles. The van der Waals surface area contributed by atoms with Crippen molar-refractivity contribution >= 4 is 17.6 Å². The molecule has 0 spiro atoms. The Morgan fingerprint density at radius 2 is 1.69 bits per heavy atom. The minimum absolute atomic E-state index is 0.312. The number of esters is 1. The van der Waals surface area contributed by atoms with Crippen molar-refractivity contribution in [2.75, 3.05) is 12.4 Å². The van der Waals surface area contributed by atoms with Gasteiger partial charge >= 0.3 is 5.97 Å². The first-order chi connectivity index (χ1) is 12.6. The van der Waals surface area contributed by atoms with E-state index in [2.05, 4.69) is 20.0 Å². The number of hydrogen-bond acceptors (Lipinski definition) is 5. The average Bonchev–Trinajstić information content (AvgIpc) is 2.68. The number of hydrogen-bond donors (Lipinski definition) is 1. The summed E-state index contributed by atoms with van der Waals surface area (Å²) in [6.07, 6.45) is 1.52. The first kappa shape index (κ1) is 17.3. The summed E-state index contributed by atoms with van der Waals surface area (Å²) in [7, 11) is 1.32. The number of anilines is 1. The molecule has 1 heterocycles. The second-order valence-electron chi connectivity index (χ2n) is 5.58. The predicted molar refractivity (Wildman–Crippen MR) is 97.9 cm³/mol. The first-order valence-electron chi connectivity index (χ1n) is 7.97. The van der Waals surface area contributed by atoms with Gasteiger partial charge in [0.05, 0.1) is 23.9 Å². The molecule has 26 heavy (non-hydrogen) atoms. The summed E-state index contributed by atoms with van der Waals surface area (Å²) in [4.78, 5) is 32.6. The molecule has 1 aromatic heterocycles. The topological polar surface area (TPSA) is 81.2 Å². The molecule has 6 heteroatoms. The number of carbonyl (C=O) groups excluding carboxylic acids is 2. The Morgan fingerprint density at radius 1 is 1.00 bits per heavy atom. The molecular formula is C20H17N3O3. The normalized spacial score (nSPS) is 10.2. The lowest BCUT2D eigenvalue weighted by molar-refractivity contribution is 0.0600. The van der Waals surface area contributed by atoms with E-state index in [1.54, 1.807) is 31.2 Å². The second kappa shape index (κ2) is 7.57. The van der Waals surface area contributed by atoms with Gasteiger partial charge in [-0.1, -0.05) is 30.3 Å². The Hall–Kier alpha value is -3.54. The van der Waals surface area contributed by atoms with Gasteiger partial charge in [-0.25, -0.2) is 14.8 Å². The van der Waals surface area contributed by atoms with E-state index in [0.29, 0.717) is 28.3 Å². The van der Waals surface area contributed by atoms with Crippen LogP contribution in [0, 0.1) is 6.92 Å². The standard InChI is InChI=1S/C20H17N3O3/c1-13-17(12-21-18(22-13)14-6-4-3-5-7-14)19(24)23-16-10-8-15(9-11-16)20(25)26-2/h3-12H,1-2H3,(H,23,24). The smallest absolute Gasteiger partial charge is 0.337 e. The maximum atomic E-state index is 12.5. The average molecular weight is 347 g/mol. The highest BCUT2D eigenvalue weighted by molar-refractivity contribution is 6.05. The van der Waals surface area contributed by atoms with Crippen molar-refractivity contribution in [3.8, 4) is 11.4 Å². The van der Waals surface area contributed by atoms with Crippen molar-refractivity contribution in [2.24, 2.45) is 0 Å². The zero-order valence-electron chi connectivity index (χ0n) is 14.4. The van der Waals surface area contributed by atoms with Crippen molar-refractivity contribution in [1.82, 2.24) is 9.97 Å². The van der Waals surface area contributed by atoms with E-state index >= 15 is 0 Å². The number of ether oxygens (including phenoxy) is 1. The van der Waals surface area contributed by atoms with E-state index in [1.807, 2.05) is 30.3 Å². The van der Waals surface area contributed by atoms with Crippen LogP contribution in [0.25, 0.3) is 11.4 Å². The SMILES string of the molecule is COC(=O)c1ccc(NC(=O)c2cnc(-c3ccccc3)nc2C)cc1. The molecule has 1 amide bonds. The van der Waals surface area contributed by atoms with Crippen LogP contribution in [-0.2, 0) is 4.74 Å². The van der Waals surface area contributed by atoms with Gasteiger partial charge in [0, 0.05) is 17.4 Å². The number of rotatable bonds is 4. The van der Waals surface area contributed by atoms with Crippen molar-refractivity contribution in [3.05, 3.63) is 77.6 Å². The van der Waals surface area contributed by atoms with Crippen LogP contribution in [0.1, 0.15) is 26.4 Å². The molecule has 0 aliphatic carbocycles. The highest BCUT2D eigenvalue weighted by Crippen LogP contribution is 2.17. The van der Waals surface area contributed by atoms with Gasteiger partial charge in [-0.2, -0.15) is 0 Å². The maximum absolute atomic E-state index is 12.5. The first-order valence-corrected chi connectivity index (χ1v) is 7.97. The van der Waals surface area contributed by atoms with Gasteiger partial charge in [-0.05, 0) is 31.2 Å². The number of aryl methyl sites for hydroxylation is 1. The molecule has 0 atom stereocenters. The number of nitrogens with zero attached hydrogens (tertiary/aromatic N) is 2. The number of amides is 1. The summed E-state index contributed by atoms with van der Waals surface area (Å²) in [5.74, 6) is -0.168. The third kappa shape index (κ3) is 3.75. The molecule has 0 saturated carbocycles. The van der Waals surface area contributed by atoms with Crippen LogP contribution in [0.5, 0.6) is 0 Å². The van der Waals surface area contributed by atoms with Gasteiger partial charge in [-0.3, -0.25) is 4.79 Å². The quantitative estimate of drug-likeness (QED) is 0.731. The van der Waals surface area contributed by atoms with Crippen LogP contribution in [0.4, 0.5) is 5.69 Å². The van der Waals surface area contributed by atoms with E-state index in [0.717, 1.165) is 5.56 Å². The predicted octanol–water partition coefficient (Wildman–Crippen LogP) is 3.49. The van der Waals surface area contributed by atoms with Gasteiger partial charge in [0.15, 0.2) is 5.82 Å². The summed E-state index contributed by atoms with van der Waals surface area (Å²) in [5.41, 5.74) is 2.84. The van der Waals surface area contributed by atoms with Crippen LogP contribution >= 0.6 is 0 Å². The van der Waals surface area contributed by atoms with Crippen LogP contribution in [0.15, 0.2) is 60.8 Å². The van der Waals surface area contributed by atoms with E-state index in [9.17, 15) is 9.59 Å². The van der Waals surface area contributed by atoms with Gasteiger partial charge < -0.3 is 10.1 Å². The molecule has 130 valence electrons. The highest BCUT2D eigenvalue weighted by atomic mass is 16.5. The van der Waals surface area contributed by atoms with Crippen LogP contribution < -0.4 is 5.32 Å². The Morgan fingerprint density at radius 3 is 2.31 bits per heavy atom. The number of carbonyl (C=O) groups is 2. The number of nitrogens with one attached hydrogen (secondary N) is 1. The van der Waals surface area contributed by atoms with Crippen LogP contribution in [0.3, 0.4) is 0 Å². The fourth-order valence-electron chi connectivity index (χ4n) is 2.42. The summed E-state index contributed by atoms with van der Waals surface area (Å²) in [6.45, 7) is 1.77. The minimum atomic E-state index is -0.427. The lowest BCUT2D eigenvalue weighted by Crippen LogP contribution is -2.15. The van der Waals surface area contributed by atoms with E-state index in [1.165, 1.54) is 13.3 Å². The summed E-state index contributed by atoms with van der Waals surface area (Å²) < 4.78 is 4.65. The molecule has 0 radical (unpaired) electrons. The van der Waals surface area contributed by atoms with Crippen molar-refractivity contribution in [3.63, 3.8) is 0 Å². The molecule has 3 rings (SSSR count). The Balaban J connectivity index is 1.77. The fourth-order valence-corrected chi connectivity index (χ4v) is 2.42. The van der Waals surface area contributed by atoms with Crippen molar-refractivity contribution in [2.45, 2.75) is 6.92 Å². The molecule has 0 saturated heterocycles. The zero-order valence-corrected chi connectivity index (χ0v) is 14.4. The van der Waals surface area contributed by atoms with Gasteiger partial charge in [0.25, 0.3) is 5.91 Å². The largest absolute Gasteiger partial charge is 0.465 e. The Labute approximate surface area is 150 Å². The zero-order chi connectivity index (χ0) is 18.5. The van der Waals surface area contributed by atoms with Gasteiger partial charge in [0.1, 0.15) is 0 Å². The Kier molecular flexibility index (Phi) is 5.03. The molecule has 1 N–H and O–H groups in total. The molecule has 3 aromatic rings.